The summed E-state index contributed by atoms with van der Waals surface area (Å²) in [6.07, 6.45) is 7.32. The molecular weight excluding hydrogens is 452 g/mol. The summed E-state index contributed by atoms with van der Waals surface area (Å²) < 4.78 is 5.87. The molecular formula is C30H46N2O4. The van der Waals surface area contributed by atoms with Crippen LogP contribution in [0.1, 0.15) is 81.7 Å². The molecule has 2 amide bonds. The minimum absolute atomic E-state index is 0.0126. The van der Waals surface area contributed by atoms with Crippen molar-refractivity contribution < 1.29 is 19.4 Å². The Morgan fingerprint density at radius 1 is 0.972 bits per heavy atom. The molecule has 0 saturated carbocycles. The quantitative estimate of drug-likeness (QED) is 0.303. The number of alkyl carbamates (subject to hydrolysis) is 1. The second-order valence-corrected chi connectivity index (χ2v) is 9.58. The van der Waals surface area contributed by atoms with Crippen LogP contribution in [0.2, 0.25) is 0 Å². The van der Waals surface area contributed by atoms with Crippen molar-refractivity contribution in [2.24, 2.45) is 5.92 Å². The average Bonchev–Trinajstić information content (AvgIpc) is 2.85. The van der Waals surface area contributed by atoms with E-state index in [-0.39, 0.29) is 18.8 Å². The molecule has 0 bridgehead atoms. The number of aryl methyl sites for hydroxylation is 2. The number of amides is 2. The standard InChI is InChI=1S/C23H29NO2.C4H10.C3H7NO2/c1-2-3-4-9-16-24-23(25)26-22-17-20-12-6-5-10-18(20)14-15-19-11-7-8-13-21(19)22;1-4(2)3;5-2-1-4-3-6/h5-8,10-13,22H,2-4,9,14-17H2,1H3,(H,24,25);4H,1-3H3;3,5H,1-2H2,(H,4,6). The Balaban J connectivity index is 0.000000551. The highest BCUT2D eigenvalue weighted by atomic mass is 16.6. The first-order valence-corrected chi connectivity index (χ1v) is 13.3. The van der Waals surface area contributed by atoms with Gasteiger partial charge in [0.1, 0.15) is 6.10 Å². The van der Waals surface area contributed by atoms with Gasteiger partial charge in [-0.3, -0.25) is 4.79 Å². The number of hydrogen-bond donors (Lipinski definition) is 3. The van der Waals surface area contributed by atoms with Gasteiger partial charge in [-0.25, -0.2) is 4.79 Å². The van der Waals surface area contributed by atoms with E-state index in [0.717, 1.165) is 43.6 Å². The van der Waals surface area contributed by atoms with Crippen molar-refractivity contribution in [1.82, 2.24) is 10.6 Å². The molecule has 1 unspecified atom stereocenters. The number of benzene rings is 2. The van der Waals surface area contributed by atoms with Crippen LogP contribution in [0.3, 0.4) is 0 Å². The van der Waals surface area contributed by atoms with Gasteiger partial charge in [-0.1, -0.05) is 95.5 Å². The Kier molecular flexibility index (Phi) is 16.7. The third-order valence-electron chi connectivity index (χ3n) is 5.48. The zero-order valence-electron chi connectivity index (χ0n) is 22.6. The molecule has 0 radical (unpaired) electrons. The van der Waals surface area contributed by atoms with Gasteiger partial charge in [0.15, 0.2) is 0 Å². The summed E-state index contributed by atoms with van der Waals surface area (Å²) in [6, 6.07) is 16.9. The van der Waals surface area contributed by atoms with E-state index >= 15 is 0 Å². The molecule has 6 heteroatoms. The largest absolute Gasteiger partial charge is 0.441 e. The number of rotatable bonds is 9. The Bertz CT molecular complexity index is 867. The molecule has 0 saturated heterocycles. The third kappa shape index (κ3) is 13.3. The van der Waals surface area contributed by atoms with E-state index in [1.165, 1.54) is 29.5 Å². The van der Waals surface area contributed by atoms with E-state index in [4.69, 9.17) is 9.84 Å². The van der Waals surface area contributed by atoms with Crippen molar-refractivity contribution in [3.8, 4) is 0 Å². The number of ether oxygens (including phenoxy) is 1. The van der Waals surface area contributed by atoms with Crippen molar-refractivity contribution in [3.63, 3.8) is 0 Å². The average molecular weight is 499 g/mol. The first kappa shape index (κ1) is 31.2. The molecule has 36 heavy (non-hydrogen) atoms. The summed E-state index contributed by atoms with van der Waals surface area (Å²) in [5, 5.41) is 13.2. The van der Waals surface area contributed by atoms with Gasteiger partial charge in [0.25, 0.3) is 0 Å². The SMILES string of the molecule is CC(C)C.CCCCCCNC(=O)OC1Cc2ccccc2CCc2ccccc21.O=CNCCO. The number of hydrogen-bond acceptors (Lipinski definition) is 4. The van der Waals surface area contributed by atoms with Crippen LogP contribution in [-0.4, -0.2) is 37.3 Å². The number of aliphatic hydroxyl groups excluding tert-OH is 1. The molecule has 3 N–H and O–H groups in total. The smallest absolute Gasteiger partial charge is 0.407 e. The number of carbonyl (C=O) groups is 2. The molecule has 1 aliphatic rings. The van der Waals surface area contributed by atoms with Crippen molar-refractivity contribution in [1.29, 1.82) is 0 Å². The van der Waals surface area contributed by atoms with Gasteiger partial charge in [-0.15, -0.1) is 0 Å². The molecule has 2 aromatic carbocycles. The first-order valence-electron chi connectivity index (χ1n) is 13.3. The topological polar surface area (TPSA) is 87.7 Å². The second kappa shape index (κ2) is 19.3. The Morgan fingerprint density at radius 3 is 2.19 bits per heavy atom. The predicted octanol–water partition coefficient (Wildman–Crippen LogP) is 5.76. The molecule has 1 atom stereocenters. The normalized spacial score (nSPS) is 13.8. The Morgan fingerprint density at radius 2 is 1.58 bits per heavy atom. The van der Waals surface area contributed by atoms with E-state index < -0.39 is 0 Å². The minimum Gasteiger partial charge on any atom is -0.441 e. The maximum Gasteiger partial charge on any atom is 0.407 e. The number of nitrogens with one attached hydrogen (secondary N) is 2. The van der Waals surface area contributed by atoms with Crippen LogP contribution >= 0.6 is 0 Å². The molecule has 0 spiro atoms. The minimum atomic E-state index is -0.306. The molecule has 0 aromatic heterocycles. The molecule has 2 aromatic rings. The summed E-state index contributed by atoms with van der Waals surface area (Å²) in [5.41, 5.74) is 5.06. The van der Waals surface area contributed by atoms with E-state index in [9.17, 15) is 9.59 Å². The molecule has 1 aliphatic carbocycles. The van der Waals surface area contributed by atoms with Crippen LogP contribution in [0.4, 0.5) is 4.79 Å². The summed E-state index contributed by atoms with van der Waals surface area (Å²) in [6.45, 7) is 9.73. The molecule has 3 rings (SSSR count). The highest BCUT2D eigenvalue weighted by Crippen LogP contribution is 2.30. The van der Waals surface area contributed by atoms with E-state index in [1.807, 2.05) is 6.07 Å². The first-order chi connectivity index (χ1) is 17.4. The monoisotopic (exact) mass is 498 g/mol. The summed E-state index contributed by atoms with van der Waals surface area (Å²) in [5.74, 6) is 0.833. The number of unbranched alkanes of at least 4 members (excludes halogenated alkanes) is 3. The molecule has 0 heterocycles. The van der Waals surface area contributed by atoms with Gasteiger partial charge in [-0.05, 0) is 47.4 Å². The number of fused-ring (bicyclic) bond motifs is 2. The highest BCUT2D eigenvalue weighted by molar-refractivity contribution is 5.67. The van der Waals surface area contributed by atoms with Crippen molar-refractivity contribution in [3.05, 3.63) is 70.8 Å². The lowest BCUT2D eigenvalue weighted by Gasteiger charge is -2.25. The molecule has 200 valence electrons. The van der Waals surface area contributed by atoms with Crippen molar-refractivity contribution in [2.45, 2.75) is 78.7 Å². The van der Waals surface area contributed by atoms with E-state index in [2.05, 4.69) is 80.8 Å². The predicted molar refractivity (Wildman–Crippen MR) is 147 cm³/mol. The van der Waals surface area contributed by atoms with Crippen LogP contribution in [-0.2, 0) is 28.8 Å². The van der Waals surface area contributed by atoms with Crippen LogP contribution < -0.4 is 10.6 Å². The number of aliphatic hydroxyl groups is 1. The lowest BCUT2D eigenvalue weighted by molar-refractivity contribution is -0.109. The van der Waals surface area contributed by atoms with Crippen LogP contribution in [0.15, 0.2) is 48.5 Å². The maximum absolute atomic E-state index is 12.3. The van der Waals surface area contributed by atoms with Crippen LogP contribution in [0.25, 0.3) is 0 Å². The third-order valence-corrected chi connectivity index (χ3v) is 5.48. The van der Waals surface area contributed by atoms with Gasteiger partial charge < -0.3 is 20.5 Å². The summed E-state index contributed by atoms with van der Waals surface area (Å²) >= 11 is 0. The lowest BCUT2D eigenvalue weighted by atomic mass is 9.87. The molecule has 6 nitrogen and oxygen atoms in total. The lowest BCUT2D eigenvalue weighted by Crippen LogP contribution is -2.28. The zero-order chi connectivity index (χ0) is 26.6. The fourth-order valence-electron chi connectivity index (χ4n) is 3.80. The van der Waals surface area contributed by atoms with E-state index in [0.29, 0.717) is 19.5 Å². The van der Waals surface area contributed by atoms with Crippen molar-refractivity contribution >= 4 is 12.5 Å². The highest BCUT2D eigenvalue weighted by Gasteiger charge is 2.23. The molecule has 0 aliphatic heterocycles. The summed E-state index contributed by atoms with van der Waals surface area (Å²) in [4.78, 5) is 21.7. The second-order valence-electron chi connectivity index (χ2n) is 9.58. The zero-order valence-corrected chi connectivity index (χ0v) is 22.6. The fraction of sp³-hybridized carbons (Fsp3) is 0.533. The number of carbonyl (C=O) groups excluding carboxylic acids is 2. The summed E-state index contributed by atoms with van der Waals surface area (Å²) in [7, 11) is 0. The maximum atomic E-state index is 12.3. The van der Waals surface area contributed by atoms with E-state index in [1.54, 1.807) is 0 Å². The van der Waals surface area contributed by atoms with Gasteiger partial charge in [-0.2, -0.15) is 0 Å². The van der Waals surface area contributed by atoms with Gasteiger partial charge in [0.05, 0.1) is 6.61 Å². The Hall–Kier alpha value is -2.86. The molecule has 0 fully saturated rings. The van der Waals surface area contributed by atoms with Gasteiger partial charge in [0, 0.05) is 19.5 Å². The Labute approximate surface area is 217 Å². The fourth-order valence-corrected chi connectivity index (χ4v) is 3.80. The van der Waals surface area contributed by atoms with Gasteiger partial charge in [0.2, 0.25) is 6.41 Å². The van der Waals surface area contributed by atoms with Crippen LogP contribution in [0, 0.1) is 5.92 Å². The van der Waals surface area contributed by atoms with Crippen molar-refractivity contribution in [2.75, 3.05) is 19.7 Å². The van der Waals surface area contributed by atoms with Crippen LogP contribution in [0.5, 0.6) is 0 Å². The van der Waals surface area contributed by atoms with Gasteiger partial charge >= 0.3 is 6.09 Å².